The lowest BCUT2D eigenvalue weighted by molar-refractivity contribution is -0.131. The number of amides is 1. The summed E-state index contributed by atoms with van der Waals surface area (Å²) >= 11 is 0. The van der Waals surface area contributed by atoms with Crippen LogP contribution in [-0.4, -0.2) is 52.2 Å². The van der Waals surface area contributed by atoms with Gasteiger partial charge in [-0.05, 0) is 43.5 Å². The number of rotatable bonds is 7. The van der Waals surface area contributed by atoms with Crippen molar-refractivity contribution in [3.63, 3.8) is 0 Å². The molecule has 0 bridgehead atoms. The molecule has 1 aromatic rings. The number of hydrogen-bond donors (Lipinski definition) is 0. The van der Waals surface area contributed by atoms with Crippen molar-refractivity contribution < 1.29 is 17.9 Å². The van der Waals surface area contributed by atoms with Gasteiger partial charge in [0.25, 0.3) is 0 Å². The highest BCUT2D eigenvalue weighted by Gasteiger charge is 2.19. The third kappa shape index (κ3) is 5.92. The van der Waals surface area contributed by atoms with Crippen molar-refractivity contribution in [2.75, 3.05) is 37.3 Å². The highest BCUT2D eigenvalue weighted by molar-refractivity contribution is 7.92. The van der Waals surface area contributed by atoms with Crippen LogP contribution in [0.1, 0.15) is 38.5 Å². The number of methoxy groups -OCH3 is 1. The number of nitrogens with zero attached hydrogens (tertiary/aromatic N) is 2. The van der Waals surface area contributed by atoms with Crippen molar-refractivity contribution in [2.24, 2.45) is 0 Å². The second-order valence-corrected chi connectivity index (χ2v) is 8.34. The van der Waals surface area contributed by atoms with Crippen LogP contribution in [0.2, 0.25) is 0 Å². The van der Waals surface area contributed by atoms with Crippen molar-refractivity contribution in [1.29, 1.82) is 0 Å². The van der Waals surface area contributed by atoms with Crippen LogP contribution >= 0.6 is 0 Å². The monoisotopic (exact) mass is 368 g/mol. The summed E-state index contributed by atoms with van der Waals surface area (Å²) in [5.41, 5.74) is 0.588. The summed E-state index contributed by atoms with van der Waals surface area (Å²) in [4.78, 5) is 14.3. The van der Waals surface area contributed by atoms with Crippen molar-refractivity contribution in [1.82, 2.24) is 4.90 Å². The van der Waals surface area contributed by atoms with Gasteiger partial charge in [0.1, 0.15) is 5.75 Å². The highest BCUT2D eigenvalue weighted by Crippen LogP contribution is 2.22. The van der Waals surface area contributed by atoms with Crippen molar-refractivity contribution in [3.05, 3.63) is 24.3 Å². The molecular weight excluding hydrogens is 340 g/mol. The maximum absolute atomic E-state index is 12.3. The molecule has 1 aromatic carbocycles. The standard InChI is InChI=1S/C18H28N2O4S/c1-24-17-11-9-16(10-12-17)20(25(2,22)23)15-7-8-18(21)19-13-5-3-4-6-14-19/h9-12H,3-8,13-15H2,1-2H3. The van der Waals surface area contributed by atoms with E-state index in [2.05, 4.69) is 0 Å². The van der Waals surface area contributed by atoms with Crippen LogP contribution in [0.15, 0.2) is 24.3 Å². The molecule has 2 rings (SSSR count). The minimum atomic E-state index is -3.40. The first-order valence-electron chi connectivity index (χ1n) is 8.81. The second kappa shape index (κ2) is 9.08. The Morgan fingerprint density at radius 2 is 1.72 bits per heavy atom. The zero-order valence-corrected chi connectivity index (χ0v) is 15.9. The minimum absolute atomic E-state index is 0.130. The van der Waals surface area contributed by atoms with Crippen LogP contribution in [0, 0.1) is 0 Å². The SMILES string of the molecule is COc1ccc(N(CCCC(=O)N2CCCCCC2)S(C)(=O)=O)cc1. The molecule has 0 N–H and O–H groups in total. The fourth-order valence-electron chi connectivity index (χ4n) is 3.09. The second-order valence-electron chi connectivity index (χ2n) is 6.43. The first-order valence-corrected chi connectivity index (χ1v) is 10.7. The van der Waals surface area contributed by atoms with E-state index in [-0.39, 0.29) is 5.91 Å². The molecule has 6 nitrogen and oxygen atoms in total. The Labute approximate surface area is 150 Å². The highest BCUT2D eigenvalue weighted by atomic mass is 32.2. The van der Waals surface area contributed by atoms with Crippen LogP contribution < -0.4 is 9.04 Å². The molecule has 0 aliphatic carbocycles. The number of benzene rings is 1. The number of carbonyl (C=O) groups excluding carboxylic acids is 1. The summed E-state index contributed by atoms with van der Waals surface area (Å²) < 4.78 is 30.7. The number of hydrogen-bond acceptors (Lipinski definition) is 4. The first-order chi connectivity index (χ1) is 11.9. The van der Waals surface area contributed by atoms with Gasteiger partial charge in [0.05, 0.1) is 19.1 Å². The molecule has 25 heavy (non-hydrogen) atoms. The maximum atomic E-state index is 12.3. The van der Waals surface area contributed by atoms with E-state index in [9.17, 15) is 13.2 Å². The normalized spacial score (nSPS) is 15.5. The topological polar surface area (TPSA) is 66.9 Å². The lowest BCUT2D eigenvalue weighted by atomic mass is 10.2. The Hall–Kier alpha value is -1.76. The van der Waals surface area contributed by atoms with E-state index < -0.39 is 10.0 Å². The number of sulfonamides is 1. The van der Waals surface area contributed by atoms with Gasteiger partial charge in [-0.2, -0.15) is 0 Å². The molecule has 7 heteroatoms. The molecule has 1 aliphatic heterocycles. The molecule has 0 spiro atoms. The van der Waals surface area contributed by atoms with Crippen LogP contribution in [0.25, 0.3) is 0 Å². The lowest BCUT2D eigenvalue weighted by Crippen LogP contribution is -2.34. The van der Waals surface area contributed by atoms with Gasteiger partial charge in [0, 0.05) is 26.1 Å². The summed E-state index contributed by atoms with van der Waals surface area (Å²) in [6.45, 7) is 1.95. The minimum Gasteiger partial charge on any atom is -0.497 e. The van der Waals surface area contributed by atoms with Gasteiger partial charge in [0.2, 0.25) is 15.9 Å². The van der Waals surface area contributed by atoms with Crippen molar-refractivity contribution in [2.45, 2.75) is 38.5 Å². The predicted molar refractivity (Wildman–Crippen MR) is 99.5 cm³/mol. The molecule has 140 valence electrons. The van der Waals surface area contributed by atoms with Gasteiger partial charge >= 0.3 is 0 Å². The summed E-state index contributed by atoms with van der Waals surface area (Å²) in [7, 11) is -1.83. The van der Waals surface area contributed by atoms with Crippen LogP contribution in [0.3, 0.4) is 0 Å². The van der Waals surface area contributed by atoms with E-state index in [0.29, 0.717) is 30.8 Å². The zero-order chi connectivity index (χ0) is 18.3. The van der Waals surface area contributed by atoms with Crippen molar-refractivity contribution >= 4 is 21.6 Å². The Morgan fingerprint density at radius 1 is 1.12 bits per heavy atom. The molecule has 0 unspecified atom stereocenters. The molecule has 0 radical (unpaired) electrons. The Bertz CT molecular complexity index is 650. The molecule has 1 fully saturated rings. The summed E-state index contributed by atoms with van der Waals surface area (Å²) in [6.07, 6.45) is 6.57. The van der Waals surface area contributed by atoms with E-state index in [1.807, 2.05) is 4.90 Å². The summed E-state index contributed by atoms with van der Waals surface area (Å²) in [6, 6.07) is 6.90. The van der Waals surface area contributed by atoms with Gasteiger partial charge in [-0.1, -0.05) is 12.8 Å². The van der Waals surface area contributed by atoms with Crippen molar-refractivity contribution in [3.8, 4) is 5.75 Å². The Balaban J connectivity index is 1.94. The Kier molecular flexibility index (Phi) is 7.11. The molecular formula is C18H28N2O4S. The molecule has 1 amide bonds. The molecule has 1 saturated heterocycles. The molecule has 1 aliphatic rings. The fourth-order valence-corrected chi connectivity index (χ4v) is 4.05. The van der Waals surface area contributed by atoms with E-state index >= 15 is 0 Å². The van der Waals surface area contributed by atoms with E-state index in [1.54, 1.807) is 31.4 Å². The van der Waals surface area contributed by atoms with Crippen LogP contribution in [0.4, 0.5) is 5.69 Å². The fraction of sp³-hybridized carbons (Fsp3) is 0.611. The van der Waals surface area contributed by atoms with Gasteiger partial charge < -0.3 is 9.64 Å². The largest absolute Gasteiger partial charge is 0.497 e. The van der Waals surface area contributed by atoms with Gasteiger partial charge in [-0.25, -0.2) is 8.42 Å². The van der Waals surface area contributed by atoms with Crippen LogP contribution in [-0.2, 0) is 14.8 Å². The average molecular weight is 368 g/mol. The molecule has 0 atom stereocenters. The van der Waals surface area contributed by atoms with Gasteiger partial charge in [-0.15, -0.1) is 0 Å². The van der Waals surface area contributed by atoms with Gasteiger partial charge in [0.15, 0.2) is 0 Å². The summed E-state index contributed by atoms with van der Waals surface area (Å²) in [5.74, 6) is 0.804. The third-order valence-corrected chi connectivity index (χ3v) is 5.67. The number of ether oxygens (including phenoxy) is 1. The zero-order valence-electron chi connectivity index (χ0n) is 15.1. The average Bonchev–Trinajstić information content (AvgIpc) is 2.87. The molecule has 0 aromatic heterocycles. The Morgan fingerprint density at radius 3 is 2.24 bits per heavy atom. The quantitative estimate of drug-likeness (QED) is 0.742. The summed E-state index contributed by atoms with van der Waals surface area (Å²) in [5, 5.41) is 0. The van der Waals surface area contributed by atoms with E-state index in [0.717, 1.165) is 25.9 Å². The lowest BCUT2D eigenvalue weighted by Gasteiger charge is -2.24. The number of likely N-dealkylation sites (tertiary alicyclic amines) is 1. The van der Waals surface area contributed by atoms with Crippen LogP contribution in [0.5, 0.6) is 5.75 Å². The maximum Gasteiger partial charge on any atom is 0.232 e. The van der Waals surface area contributed by atoms with E-state index in [4.69, 9.17) is 4.74 Å². The first kappa shape index (κ1) is 19.6. The number of anilines is 1. The smallest absolute Gasteiger partial charge is 0.232 e. The van der Waals surface area contributed by atoms with Gasteiger partial charge in [-0.3, -0.25) is 9.10 Å². The third-order valence-electron chi connectivity index (χ3n) is 4.47. The number of carbonyl (C=O) groups is 1. The molecule has 1 heterocycles. The van der Waals surface area contributed by atoms with E-state index in [1.165, 1.54) is 23.4 Å². The predicted octanol–water partition coefficient (Wildman–Crippen LogP) is 2.64. The molecule has 0 saturated carbocycles.